The summed E-state index contributed by atoms with van der Waals surface area (Å²) >= 11 is 0. The number of carbonyl (C=O) groups is 2. The number of esters is 1. The van der Waals surface area contributed by atoms with Gasteiger partial charge in [0.05, 0.1) is 25.4 Å². The first-order valence-corrected chi connectivity index (χ1v) is 22.7. The maximum absolute atomic E-state index is 12.4. The molecule has 0 fully saturated rings. The maximum atomic E-state index is 12.4. The summed E-state index contributed by atoms with van der Waals surface area (Å²) in [4.78, 5) is 24.4. The van der Waals surface area contributed by atoms with Gasteiger partial charge in [0, 0.05) is 12.8 Å². The fourth-order valence-electron chi connectivity index (χ4n) is 6.60. The molecule has 0 saturated heterocycles. The van der Waals surface area contributed by atoms with Crippen LogP contribution >= 0.6 is 0 Å². The van der Waals surface area contributed by atoms with Gasteiger partial charge in [-0.1, -0.05) is 179 Å². The van der Waals surface area contributed by atoms with E-state index in [2.05, 4.69) is 55.6 Å². The molecule has 0 saturated carbocycles. The van der Waals surface area contributed by atoms with Crippen LogP contribution in [0.15, 0.2) is 36.5 Å². The predicted molar refractivity (Wildman–Crippen MR) is 227 cm³/mol. The summed E-state index contributed by atoms with van der Waals surface area (Å²) in [5.41, 5.74) is 0. The SMILES string of the molecule is CCCC/C=C\C/C=C\CCCCCCCC(=O)OCCCCCC/C=C\CCCC(=O)NC(CO)C(O)CCCCCCCCCCCCCCC. The third-order valence-electron chi connectivity index (χ3n) is 10.2. The van der Waals surface area contributed by atoms with E-state index < -0.39 is 12.1 Å². The fourth-order valence-corrected chi connectivity index (χ4v) is 6.60. The Morgan fingerprint density at radius 3 is 1.55 bits per heavy atom. The van der Waals surface area contributed by atoms with Gasteiger partial charge < -0.3 is 20.3 Å². The van der Waals surface area contributed by atoms with E-state index >= 15 is 0 Å². The number of hydrogen-bond acceptors (Lipinski definition) is 5. The third-order valence-corrected chi connectivity index (χ3v) is 10.2. The Morgan fingerprint density at radius 2 is 0.981 bits per heavy atom. The normalized spacial score (nSPS) is 13.1. The highest BCUT2D eigenvalue weighted by Crippen LogP contribution is 2.15. The van der Waals surface area contributed by atoms with Crippen LogP contribution in [0.2, 0.25) is 0 Å². The Labute approximate surface area is 328 Å². The second-order valence-electron chi connectivity index (χ2n) is 15.4. The lowest BCUT2D eigenvalue weighted by atomic mass is 10.0. The number of allylic oxidation sites excluding steroid dienone is 6. The number of aliphatic hydroxyl groups excluding tert-OH is 2. The van der Waals surface area contributed by atoms with Crippen molar-refractivity contribution in [3.63, 3.8) is 0 Å². The van der Waals surface area contributed by atoms with E-state index in [4.69, 9.17) is 4.74 Å². The van der Waals surface area contributed by atoms with Gasteiger partial charge in [-0.05, 0) is 70.6 Å². The molecular weight excluding hydrogens is 659 g/mol. The number of hydrogen-bond donors (Lipinski definition) is 3. The zero-order chi connectivity index (χ0) is 38.7. The second-order valence-corrected chi connectivity index (χ2v) is 15.4. The number of rotatable bonds is 41. The molecule has 0 spiro atoms. The lowest BCUT2D eigenvalue weighted by Crippen LogP contribution is -2.45. The first-order chi connectivity index (χ1) is 26.0. The molecule has 0 rings (SSSR count). The van der Waals surface area contributed by atoms with E-state index in [9.17, 15) is 19.8 Å². The smallest absolute Gasteiger partial charge is 0.305 e. The van der Waals surface area contributed by atoms with Crippen LogP contribution in [0.3, 0.4) is 0 Å². The quantitative estimate of drug-likeness (QED) is 0.0329. The van der Waals surface area contributed by atoms with Crippen molar-refractivity contribution in [2.75, 3.05) is 13.2 Å². The largest absolute Gasteiger partial charge is 0.466 e. The molecule has 310 valence electrons. The highest BCUT2D eigenvalue weighted by molar-refractivity contribution is 5.76. The Morgan fingerprint density at radius 1 is 0.528 bits per heavy atom. The van der Waals surface area contributed by atoms with Gasteiger partial charge in [0.1, 0.15) is 0 Å². The average Bonchev–Trinajstić information content (AvgIpc) is 3.16. The summed E-state index contributed by atoms with van der Waals surface area (Å²) in [5.74, 6) is -0.150. The van der Waals surface area contributed by atoms with Crippen LogP contribution in [0.1, 0.15) is 226 Å². The van der Waals surface area contributed by atoms with E-state index in [1.807, 2.05) is 0 Å². The van der Waals surface area contributed by atoms with Gasteiger partial charge in [-0.3, -0.25) is 9.59 Å². The maximum Gasteiger partial charge on any atom is 0.305 e. The standard InChI is InChI=1S/C47H87NO5/c1-3-5-7-9-11-13-15-17-19-21-25-29-33-37-41-47(52)53-42-38-34-30-26-22-24-28-32-36-40-46(51)48-44(43-49)45(50)39-35-31-27-23-20-18-16-14-12-10-8-6-4-2/h9,11,15,17,24,28,44-45,49-50H,3-8,10,12-14,16,18-23,25-27,29-43H2,1-2H3,(H,48,51)/b11-9-,17-15-,28-24-. The van der Waals surface area contributed by atoms with Crippen molar-refractivity contribution in [1.29, 1.82) is 0 Å². The number of carbonyl (C=O) groups excluding carboxylic acids is 2. The highest BCUT2D eigenvalue weighted by Gasteiger charge is 2.19. The van der Waals surface area contributed by atoms with E-state index in [1.54, 1.807) is 0 Å². The zero-order valence-electron chi connectivity index (χ0n) is 35.0. The second kappa shape index (κ2) is 42.8. The third kappa shape index (κ3) is 39.6. The van der Waals surface area contributed by atoms with E-state index in [1.165, 1.54) is 109 Å². The van der Waals surface area contributed by atoms with E-state index in [0.717, 1.165) is 83.5 Å². The van der Waals surface area contributed by atoms with Crippen molar-refractivity contribution < 1.29 is 24.5 Å². The zero-order valence-corrected chi connectivity index (χ0v) is 35.0. The van der Waals surface area contributed by atoms with E-state index in [-0.39, 0.29) is 18.5 Å². The van der Waals surface area contributed by atoms with Crippen molar-refractivity contribution in [3.05, 3.63) is 36.5 Å². The summed E-state index contributed by atoms with van der Waals surface area (Å²) in [7, 11) is 0. The summed E-state index contributed by atoms with van der Waals surface area (Å²) in [6.45, 7) is 4.79. The number of unbranched alkanes of at least 4 members (excludes halogenated alkanes) is 24. The molecule has 0 aliphatic heterocycles. The van der Waals surface area contributed by atoms with Gasteiger partial charge in [-0.2, -0.15) is 0 Å². The van der Waals surface area contributed by atoms with Gasteiger partial charge in [-0.15, -0.1) is 0 Å². The molecule has 6 nitrogen and oxygen atoms in total. The molecule has 0 aromatic carbocycles. The molecule has 3 N–H and O–H groups in total. The Kier molecular flexibility index (Phi) is 41.3. The van der Waals surface area contributed by atoms with Crippen molar-refractivity contribution >= 4 is 11.9 Å². The molecule has 6 heteroatoms. The van der Waals surface area contributed by atoms with Crippen molar-refractivity contribution in [2.24, 2.45) is 0 Å². The molecule has 53 heavy (non-hydrogen) atoms. The molecule has 0 aromatic rings. The summed E-state index contributed by atoms with van der Waals surface area (Å²) in [5, 5.41) is 23.1. The van der Waals surface area contributed by atoms with Crippen LogP contribution in [0.5, 0.6) is 0 Å². The number of nitrogens with one attached hydrogen (secondary N) is 1. The lowest BCUT2D eigenvalue weighted by Gasteiger charge is -2.22. The molecule has 0 aliphatic rings. The summed E-state index contributed by atoms with van der Waals surface area (Å²) < 4.78 is 5.41. The van der Waals surface area contributed by atoms with Crippen molar-refractivity contribution in [3.8, 4) is 0 Å². The Bertz CT molecular complexity index is 869. The van der Waals surface area contributed by atoms with Gasteiger partial charge in [0.25, 0.3) is 0 Å². The van der Waals surface area contributed by atoms with Gasteiger partial charge in [-0.25, -0.2) is 0 Å². The molecule has 2 unspecified atom stereocenters. The first-order valence-electron chi connectivity index (χ1n) is 22.7. The van der Waals surface area contributed by atoms with Crippen molar-refractivity contribution in [1.82, 2.24) is 5.32 Å². The molecule has 2 atom stereocenters. The average molecular weight is 746 g/mol. The molecule has 0 radical (unpaired) electrons. The number of ether oxygens (including phenoxy) is 1. The Balaban J connectivity index is 3.58. The predicted octanol–water partition coefficient (Wildman–Crippen LogP) is 12.9. The Hall–Kier alpha value is -1.92. The van der Waals surface area contributed by atoms with Crippen molar-refractivity contribution in [2.45, 2.75) is 238 Å². The van der Waals surface area contributed by atoms with Gasteiger partial charge in [0.2, 0.25) is 5.91 Å². The number of amides is 1. The first kappa shape index (κ1) is 51.1. The molecular formula is C47H87NO5. The molecule has 0 aromatic heterocycles. The van der Waals surface area contributed by atoms with Crippen LogP contribution in [0.4, 0.5) is 0 Å². The molecule has 0 heterocycles. The van der Waals surface area contributed by atoms with Crippen LogP contribution in [-0.2, 0) is 14.3 Å². The topological polar surface area (TPSA) is 95.9 Å². The highest BCUT2D eigenvalue weighted by atomic mass is 16.5. The van der Waals surface area contributed by atoms with Crippen LogP contribution in [0.25, 0.3) is 0 Å². The minimum atomic E-state index is -0.695. The van der Waals surface area contributed by atoms with Gasteiger partial charge in [0.15, 0.2) is 0 Å². The molecule has 1 amide bonds. The monoisotopic (exact) mass is 746 g/mol. The fraction of sp³-hybridized carbons (Fsp3) is 0.830. The lowest BCUT2D eigenvalue weighted by molar-refractivity contribution is -0.143. The van der Waals surface area contributed by atoms with Crippen LogP contribution in [0, 0.1) is 0 Å². The molecule has 0 bridgehead atoms. The van der Waals surface area contributed by atoms with Crippen LogP contribution in [-0.4, -0.2) is 47.4 Å². The minimum Gasteiger partial charge on any atom is -0.466 e. The summed E-state index contributed by atoms with van der Waals surface area (Å²) in [6, 6.07) is -0.579. The summed E-state index contributed by atoms with van der Waals surface area (Å²) in [6.07, 6.45) is 49.6. The van der Waals surface area contributed by atoms with Crippen LogP contribution < -0.4 is 5.32 Å². The van der Waals surface area contributed by atoms with E-state index in [0.29, 0.717) is 25.9 Å². The number of aliphatic hydroxyl groups is 2. The molecule has 0 aliphatic carbocycles. The minimum absolute atomic E-state index is 0.0513. The van der Waals surface area contributed by atoms with Gasteiger partial charge >= 0.3 is 5.97 Å².